The third-order valence-electron chi connectivity index (χ3n) is 4.08. The van der Waals surface area contributed by atoms with Crippen LogP contribution in [-0.4, -0.2) is 29.5 Å². The van der Waals surface area contributed by atoms with Crippen molar-refractivity contribution < 1.29 is 0 Å². The molecule has 1 saturated heterocycles. The Balaban J connectivity index is 2.00. The van der Waals surface area contributed by atoms with Crippen molar-refractivity contribution in [2.45, 2.75) is 70.4 Å². The summed E-state index contributed by atoms with van der Waals surface area (Å²) in [4.78, 5) is 7.18. The molecule has 4 nitrogen and oxygen atoms in total. The standard InChI is InChI=1S/C13H26N4/c1-11-7-5-6-10-17(11)13(16-14)15-12-8-3-2-4-9-12/h11-12H,2-10,14H2,1H3,(H,15,16). The van der Waals surface area contributed by atoms with Gasteiger partial charge in [0.15, 0.2) is 0 Å². The topological polar surface area (TPSA) is 53.6 Å². The zero-order valence-corrected chi connectivity index (χ0v) is 11.0. The summed E-state index contributed by atoms with van der Waals surface area (Å²) in [5.41, 5.74) is 2.83. The second-order valence-corrected chi connectivity index (χ2v) is 5.43. The van der Waals surface area contributed by atoms with Crippen LogP contribution in [0.25, 0.3) is 0 Å². The molecular weight excluding hydrogens is 212 g/mol. The molecular formula is C13H26N4. The molecule has 1 heterocycles. The van der Waals surface area contributed by atoms with Gasteiger partial charge in [-0.2, -0.15) is 0 Å². The zero-order chi connectivity index (χ0) is 12.1. The van der Waals surface area contributed by atoms with E-state index in [9.17, 15) is 0 Å². The molecule has 3 N–H and O–H groups in total. The summed E-state index contributed by atoms with van der Waals surface area (Å²) in [6.45, 7) is 3.36. The number of hydrazine groups is 1. The van der Waals surface area contributed by atoms with Crippen LogP contribution < -0.4 is 11.3 Å². The summed E-state index contributed by atoms with van der Waals surface area (Å²) >= 11 is 0. The number of nitrogens with one attached hydrogen (secondary N) is 1. The van der Waals surface area contributed by atoms with E-state index < -0.39 is 0 Å². The lowest BCUT2D eigenvalue weighted by atomic mass is 9.96. The highest BCUT2D eigenvalue weighted by atomic mass is 15.4. The highest BCUT2D eigenvalue weighted by Crippen LogP contribution is 2.22. The Morgan fingerprint density at radius 3 is 2.47 bits per heavy atom. The summed E-state index contributed by atoms with van der Waals surface area (Å²) in [6.07, 6.45) is 10.3. The average Bonchev–Trinajstić information content (AvgIpc) is 2.38. The summed E-state index contributed by atoms with van der Waals surface area (Å²) < 4.78 is 0. The summed E-state index contributed by atoms with van der Waals surface area (Å²) in [6, 6.07) is 1.06. The number of guanidine groups is 1. The number of nitrogens with two attached hydrogens (primary N) is 1. The SMILES string of the molecule is CC1CCCCN1C(=NC1CCCCC1)NN. The van der Waals surface area contributed by atoms with Gasteiger partial charge in [-0.05, 0) is 39.0 Å². The maximum absolute atomic E-state index is 5.66. The van der Waals surface area contributed by atoms with E-state index in [2.05, 4.69) is 17.2 Å². The number of likely N-dealkylation sites (tertiary alicyclic amines) is 1. The summed E-state index contributed by atoms with van der Waals surface area (Å²) in [5, 5.41) is 0. The Labute approximate surface area is 105 Å². The van der Waals surface area contributed by atoms with E-state index in [0.29, 0.717) is 12.1 Å². The van der Waals surface area contributed by atoms with Crippen molar-refractivity contribution in [1.29, 1.82) is 0 Å². The predicted molar refractivity (Wildman–Crippen MR) is 71.7 cm³/mol. The maximum Gasteiger partial charge on any atom is 0.208 e. The van der Waals surface area contributed by atoms with Gasteiger partial charge in [-0.3, -0.25) is 5.43 Å². The van der Waals surface area contributed by atoms with Crippen LogP contribution in [0.4, 0.5) is 0 Å². The quantitative estimate of drug-likeness (QED) is 0.318. The fourth-order valence-corrected chi connectivity index (χ4v) is 2.99. The number of aliphatic imine (C=N–C) groups is 1. The number of piperidine rings is 1. The molecule has 1 unspecified atom stereocenters. The smallest absolute Gasteiger partial charge is 0.208 e. The molecule has 2 aliphatic rings. The van der Waals surface area contributed by atoms with Crippen molar-refractivity contribution in [3.05, 3.63) is 0 Å². The molecule has 2 rings (SSSR count). The highest BCUT2D eigenvalue weighted by Gasteiger charge is 2.22. The highest BCUT2D eigenvalue weighted by molar-refractivity contribution is 5.80. The molecule has 2 fully saturated rings. The number of hydrogen-bond donors (Lipinski definition) is 2. The van der Waals surface area contributed by atoms with Crippen LogP contribution in [0.2, 0.25) is 0 Å². The molecule has 0 amide bonds. The van der Waals surface area contributed by atoms with Crippen LogP contribution in [-0.2, 0) is 0 Å². The van der Waals surface area contributed by atoms with Crippen molar-refractivity contribution in [1.82, 2.24) is 10.3 Å². The Bertz CT molecular complexity index is 258. The Hall–Kier alpha value is -0.770. The monoisotopic (exact) mass is 238 g/mol. The first-order valence-electron chi connectivity index (χ1n) is 7.12. The fraction of sp³-hybridized carbons (Fsp3) is 0.923. The van der Waals surface area contributed by atoms with Gasteiger partial charge in [-0.15, -0.1) is 0 Å². The first kappa shape index (κ1) is 12.7. The minimum atomic E-state index is 0.490. The largest absolute Gasteiger partial charge is 0.339 e. The lowest BCUT2D eigenvalue weighted by molar-refractivity contribution is 0.248. The van der Waals surface area contributed by atoms with E-state index in [1.807, 2.05) is 0 Å². The van der Waals surface area contributed by atoms with Crippen LogP contribution in [0.5, 0.6) is 0 Å². The van der Waals surface area contributed by atoms with Crippen LogP contribution in [0.3, 0.4) is 0 Å². The van der Waals surface area contributed by atoms with Crippen molar-refractivity contribution >= 4 is 5.96 Å². The minimum absolute atomic E-state index is 0.490. The first-order chi connectivity index (χ1) is 8.31. The second-order valence-electron chi connectivity index (χ2n) is 5.43. The molecule has 0 bridgehead atoms. The Kier molecular flexibility index (Phi) is 4.66. The molecule has 0 radical (unpaired) electrons. The molecule has 0 aromatic heterocycles. The first-order valence-corrected chi connectivity index (χ1v) is 7.12. The molecule has 1 aliphatic carbocycles. The maximum atomic E-state index is 5.66. The number of nitrogens with zero attached hydrogens (tertiary/aromatic N) is 2. The number of rotatable bonds is 1. The summed E-state index contributed by atoms with van der Waals surface area (Å²) in [7, 11) is 0. The molecule has 1 aliphatic heterocycles. The van der Waals surface area contributed by atoms with Gasteiger partial charge in [0.25, 0.3) is 0 Å². The third kappa shape index (κ3) is 3.35. The molecule has 1 saturated carbocycles. The Morgan fingerprint density at radius 1 is 1.12 bits per heavy atom. The molecule has 0 spiro atoms. The van der Waals surface area contributed by atoms with Crippen molar-refractivity contribution in [3.8, 4) is 0 Å². The van der Waals surface area contributed by atoms with E-state index in [1.165, 1.54) is 51.4 Å². The summed E-state index contributed by atoms with van der Waals surface area (Å²) in [5.74, 6) is 6.58. The van der Waals surface area contributed by atoms with E-state index >= 15 is 0 Å². The zero-order valence-electron chi connectivity index (χ0n) is 11.0. The van der Waals surface area contributed by atoms with Gasteiger partial charge in [-0.25, -0.2) is 10.8 Å². The average molecular weight is 238 g/mol. The van der Waals surface area contributed by atoms with Gasteiger partial charge >= 0.3 is 0 Å². The van der Waals surface area contributed by atoms with Gasteiger partial charge < -0.3 is 4.90 Å². The number of hydrogen-bond acceptors (Lipinski definition) is 2. The van der Waals surface area contributed by atoms with E-state index in [4.69, 9.17) is 10.8 Å². The molecule has 4 heteroatoms. The van der Waals surface area contributed by atoms with Gasteiger partial charge in [0, 0.05) is 12.6 Å². The van der Waals surface area contributed by atoms with Gasteiger partial charge in [0.1, 0.15) is 0 Å². The predicted octanol–water partition coefficient (Wildman–Crippen LogP) is 2.01. The van der Waals surface area contributed by atoms with Crippen molar-refractivity contribution in [2.24, 2.45) is 10.8 Å². The molecule has 1 atom stereocenters. The lowest BCUT2D eigenvalue weighted by Crippen LogP contribution is -2.51. The van der Waals surface area contributed by atoms with Crippen molar-refractivity contribution in [3.63, 3.8) is 0 Å². The molecule has 0 aromatic rings. The second kappa shape index (κ2) is 6.24. The molecule has 0 aromatic carbocycles. The lowest BCUT2D eigenvalue weighted by Gasteiger charge is -2.36. The van der Waals surface area contributed by atoms with E-state index in [0.717, 1.165) is 12.5 Å². The molecule has 17 heavy (non-hydrogen) atoms. The van der Waals surface area contributed by atoms with Crippen LogP contribution in [0, 0.1) is 0 Å². The Morgan fingerprint density at radius 2 is 1.82 bits per heavy atom. The van der Waals surface area contributed by atoms with Crippen LogP contribution >= 0.6 is 0 Å². The normalized spacial score (nSPS) is 28.2. The molecule has 98 valence electrons. The van der Waals surface area contributed by atoms with Crippen LogP contribution in [0.15, 0.2) is 4.99 Å². The van der Waals surface area contributed by atoms with E-state index in [-0.39, 0.29) is 0 Å². The van der Waals surface area contributed by atoms with Gasteiger partial charge in [0.05, 0.1) is 6.04 Å². The van der Waals surface area contributed by atoms with Crippen molar-refractivity contribution in [2.75, 3.05) is 6.54 Å². The van der Waals surface area contributed by atoms with E-state index in [1.54, 1.807) is 0 Å². The van der Waals surface area contributed by atoms with Gasteiger partial charge in [0.2, 0.25) is 5.96 Å². The fourth-order valence-electron chi connectivity index (χ4n) is 2.99. The third-order valence-corrected chi connectivity index (χ3v) is 4.08. The van der Waals surface area contributed by atoms with Crippen LogP contribution in [0.1, 0.15) is 58.3 Å². The minimum Gasteiger partial charge on any atom is -0.339 e. The van der Waals surface area contributed by atoms with Gasteiger partial charge in [-0.1, -0.05) is 19.3 Å².